The lowest BCUT2D eigenvalue weighted by Crippen LogP contribution is -2.40. The summed E-state index contributed by atoms with van der Waals surface area (Å²) in [6.07, 6.45) is 0.715. The zero-order chi connectivity index (χ0) is 18.6. The average Bonchev–Trinajstić information content (AvgIpc) is 2.87. The van der Waals surface area contributed by atoms with Gasteiger partial charge in [-0.05, 0) is 42.8 Å². The number of hydrogen-bond acceptors (Lipinski definition) is 4. The Hall–Kier alpha value is -1.96. The van der Waals surface area contributed by atoms with Crippen LogP contribution in [0.15, 0.2) is 47.4 Å². The van der Waals surface area contributed by atoms with Crippen LogP contribution in [0.2, 0.25) is 0 Å². The number of nitrogens with one attached hydrogen (secondary N) is 1. The maximum atomic E-state index is 13.0. The number of carbonyl (C=O) groups excluding carboxylic acids is 1. The van der Waals surface area contributed by atoms with Gasteiger partial charge in [0.2, 0.25) is 15.9 Å². The number of rotatable bonds is 5. The van der Waals surface area contributed by atoms with Gasteiger partial charge in [-0.3, -0.25) is 9.69 Å². The van der Waals surface area contributed by atoms with Gasteiger partial charge in [0.25, 0.3) is 0 Å². The summed E-state index contributed by atoms with van der Waals surface area (Å²) >= 11 is 0. The van der Waals surface area contributed by atoms with Crippen molar-refractivity contribution in [1.29, 1.82) is 0 Å². The van der Waals surface area contributed by atoms with Gasteiger partial charge in [0.1, 0.15) is 0 Å². The molecule has 0 radical (unpaired) electrons. The summed E-state index contributed by atoms with van der Waals surface area (Å²) in [6, 6.07) is 13.0. The Morgan fingerprint density at radius 1 is 1.04 bits per heavy atom. The molecule has 0 aromatic heterocycles. The maximum absolute atomic E-state index is 13.0. The Balaban J connectivity index is 1.73. The minimum Gasteiger partial charge on any atom is -0.355 e. The number of benzene rings is 2. The zero-order valence-corrected chi connectivity index (χ0v) is 15.8. The topological polar surface area (TPSA) is 69.7 Å². The van der Waals surface area contributed by atoms with Crippen LogP contribution in [-0.4, -0.2) is 62.8 Å². The second kappa shape index (κ2) is 8.16. The summed E-state index contributed by atoms with van der Waals surface area (Å²) in [5.41, 5.74) is 0. The lowest BCUT2D eigenvalue weighted by Gasteiger charge is -2.21. The third-order valence-corrected chi connectivity index (χ3v) is 6.54. The fraction of sp³-hybridized carbons (Fsp3) is 0.421. The number of amides is 1. The van der Waals surface area contributed by atoms with Crippen LogP contribution in [0.3, 0.4) is 0 Å². The summed E-state index contributed by atoms with van der Waals surface area (Å²) in [7, 11) is -3.53. The van der Waals surface area contributed by atoms with E-state index in [0.717, 1.165) is 17.3 Å². The largest absolute Gasteiger partial charge is 0.355 e. The predicted molar refractivity (Wildman–Crippen MR) is 102 cm³/mol. The predicted octanol–water partition coefficient (Wildman–Crippen LogP) is 1.67. The molecule has 3 rings (SSSR count). The van der Waals surface area contributed by atoms with Crippen LogP contribution < -0.4 is 5.32 Å². The Morgan fingerprint density at radius 2 is 1.81 bits per heavy atom. The summed E-state index contributed by atoms with van der Waals surface area (Å²) in [6.45, 7) is 4.96. The first-order valence-corrected chi connectivity index (χ1v) is 10.4. The lowest BCUT2D eigenvalue weighted by molar-refractivity contribution is -0.122. The number of hydrogen-bond donors (Lipinski definition) is 1. The van der Waals surface area contributed by atoms with Crippen LogP contribution in [0.4, 0.5) is 0 Å². The molecule has 7 heteroatoms. The highest BCUT2D eigenvalue weighted by Gasteiger charge is 2.27. The second-order valence-corrected chi connectivity index (χ2v) is 8.43. The summed E-state index contributed by atoms with van der Waals surface area (Å²) in [4.78, 5) is 14.1. The zero-order valence-electron chi connectivity index (χ0n) is 15.0. The van der Waals surface area contributed by atoms with Crippen molar-refractivity contribution in [2.24, 2.45) is 0 Å². The molecule has 2 aromatic carbocycles. The molecule has 1 amide bonds. The van der Waals surface area contributed by atoms with Crippen LogP contribution in [0.1, 0.15) is 13.3 Å². The van der Waals surface area contributed by atoms with Crippen molar-refractivity contribution in [1.82, 2.24) is 14.5 Å². The molecular weight excluding hydrogens is 350 g/mol. The van der Waals surface area contributed by atoms with Crippen LogP contribution in [0.5, 0.6) is 0 Å². The van der Waals surface area contributed by atoms with E-state index >= 15 is 0 Å². The minimum atomic E-state index is -3.53. The van der Waals surface area contributed by atoms with Gasteiger partial charge in [-0.15, -0.1) is 0 Å². The van der Waals surface area contributed by atoms with Crippen molar-refractivity contribution >= 4 is 26.7 Å². The van der Waals surface area contributed by atoms with Gasteiger partial charge >= 0.3 is 0 Å². The smallest absolute Gasteiger partial charge is 0.243 e. The number of likely N-dealkylation sites (N-methyl/N-ethyl adjacent to an activating group) is 1. The monoisotopic (exact) mass is 375 g/mol. The molecule has 140 valence electrons. The van der Waals surface area contributed by atoms with Crippen molar-refractivity contribution in [2.75, 3.05) is 39.3 Å². The molecule has 0 aliphatic carbocycles. The van der Waals surface area contributed by atoms with E-state index in [9.17, 15) is 13.2 Å². The molecule has 6 nitrogen and oxygen atoms in total. The van der Waals surface area contributed by atoms with Gasteiger partial charge in [-0.1, -0.05) is 30.3 Å². The highest BCUT2D eigenvalue weighted by Crippen LogP contribution is 2.22. The van der Waals surface area contributed by atoms with Crippen molar-refractivity contribution in [3.63, 3.8) is 0 Å². The standard InChI is InChI=1S/C19H25N3O3S/c1-2-20-19(23)15-21-10-5-11-22(13-12-21)26(24,25)18-9-8-16-6-3-4-7-17(16)14-18/h3-4,6-9,14H,2,5,10-13,15H2,1H3,(H,20,23). The number of carbonyl (C=O) groups is 1. The van der Waals surface area contributed by atoms with Crippen molar-refractivity contribution in [3.05, 3.63) is 42.5 Å². The van der Waals surface area contributed by atoms with Gasteiger partial charge in [0.05, 0.1) is 11.4 Å². The van der Waals surface area contributed by atoms with Crippen LogP contribution in [0.25, 0.3) is 10.8 Å². The van der Waals surface area contributed by atoms with Gasteiger partial charge in [-0.25, -0.2) is 8.42 Å². The summed E-state index contributed by atoms with van der Waals surface area (Å²) in [5.74, 6) is -0.0154. The SMILES string of the molecule is CCNC(=O)CN1CCCN(S(=O)(=O)c2ccc3ccccc3c2)CC1. The van der Waals surface area contributed by atoms with Crippen LogP contribution >= 0.6 is 0 Å². The van der Waals surface area contributed by atoms with Crippen molar-refractivity contribution in [2.45, 2.75) is 18.2 Å². The van der Waals surface area contributed by atoms with Gasteiger partial charge in [-0.2, -0.15) is 4.31 Å². The lowest BCUT2D eigenvalue weighted by atomic mass is 10.1. The molecular formula is C19H25N3O3S. The molecule has 26 heavy (non-hydrogen) atoms. The Kier molecular flexibility index (Phi) is 5.90. The average molecular weight is 375 g/mol. The molecule has 1 N–H and O–H groups in total. The maximum Gasteiger partial charge on any atom is 0.243 e. The van der Waals surface area contributed by atoms with Crippen LogP contribution in [0, 0.1) is 0 Å². The summed E-state index contributed by atoms with van der Waals surface area (Å²) in [5, 5.41) is 4.73. The Morgan fingerprint density at radius 3 is 2.58 bits per heavy atom. The normalized spacial score (nSPS) is 17.1. The molecule has 1 aliphatic rings. The highest BCUT2D eigenvalue weighted by atomic mass is 32.2. The minimum absolute atomic E-state index is 0.0154. The fourth-order valence-corrected chi connectivity index (χ4v) is 4.78. The molecule has 0 saturated carbocycles. The van der Waals surface area contributed by atoms with E-state index < -0.39 is 10.0 Å². The fourth-order valence-electron chi connectivity index (χ4n) is 3.28. The van der Waals surface area contributed by atoms with E-state index in [2.05, 4.69) is 5.32 Å². The van der Waals surface area contributed by atoms with E-state index in [0.29, 0.717) is 44.0 Å². The first-order chi connectivity index (χ1) is 12.5. The summed E-state index contributed by atoms with van der Waals surface area (Å²) < 4.78 is 27.6. The quantitative estimate of drug-likeness (QED) is 0.863. The van der Waals surface area contributed by atoms with Crippen molar-refractivity contribution in [3.8, 4) is 0 Å². The van der Waals surface area contributed by atoms with E-state index in [4.69, 9.17) is 0 Å². The second-order valence-electron chi connectivity index (χ2n) is 6.50. The molecule has 2 aromatic rings. The van der Waals surface area contributed by atoms with Gasteiger partial charge in [0.15, 0.2) is 0 Å². The molecule has 1 aliphatic heterocycles. The number of fused-ring (bicyclic) bond motifs is 1. The van der Waals surface area contributed by atoms with E-state index in [1.54, 1.807) is 12.1 Å². The van der Waals surface area contributed by atoms with E-state index in [1.165, 1.54) is 4.31 Å². The first-order valence-electron chi connectivity index (χ1n) is 8.98. The highest BCUT2D eigenvalue weighted by molar-refractivity contribution is 7.89. The number of nitrogens with zero attached hydrogens (tertiary/aromatic N) is 2. The molecule has 1 heterocycles. The third-order valence-electron chi connectivity index (χ3n) is 4.65. The Bertz CT molecular complexity index is 882. The van der Waals surface area contributed by atoms with Crippen LogP contribution in [-0.2, 0) is 14.8 Å². The molecule has 0 spiro atoms. The van der Waals surface area contributed by atoms with E-state index in [1.807, 2.05) is 42.2 Å². The van der Waals surface area contributed by atoms with Crippen molar-refractivity contribution < 1.29 is 13.2 Å². The molecule has 0 unspecified atom stereocenters. The Labute approximate surface area is 154 Å². The molecule has 1 fully saturated rings. The molecule has 1 saturated heterocycles. The third kappa shape index (κ3) is 4.23. The van der Waals surface area contributed by atoms with E-state index in [-0.39, 0.29) is 5.91 Å². The molecule has 0 bridgehead atoms. The first kappa shape index (κ1) is 18.8. The number of sulfonamides is 1. The molecule has 0 atom stereocenters. The van der Waals surface area contributed by atoms with Gasteiger partial charge in [0, 0.05) is 26.2 Å². The van der Waals surface area contributed by atoms with Gasteiger partial charge < -0.3 is 5.32 Å².